The molecule has 1 heterocycles. The second kappa shape index (κ2) is 7.73. The fourth-order valence-corrected chi connectivity index (χ4v) is 4.00. The molecule has 1 aromatic rings. The van der Waals surface area contributed by atoms with Gasteiger partial charge in [-0.1, -0.05) is 6.07 Å². The van der Waals surface area contributed by atoms with Crippen molar-refractivity contribution in [1.82, 2.24) is 9.62 Å². The fourth-order valence-electron chi connectivity index (χ4n) is 2.44. The zero-order valence-corrected chi connectivity index (χ0v) is 14.1. The Morgan fingerprint density at radius 1 is 1.33 bits per heavy atom. The van der Waals surface area contributed by atoms with Gasteiger partial charge in [0.25, 0.3) is 5.91 Å². The molecule has 1 saturated heterocycles. The van der Waals surface area contributed by atoms with Crippen LogP contribution in [0, 0.1) is 0 Å². The van der Waals surface area contributed by atoms with Gasteiger partial charge in [0.1, 0.15) is 0 Å². The lowest BCUT2D eigenvalue weighted by molar-refractivity contribution is -0.143. The minimum atomic E-state index is -3.64. The van der Waals surface area contributed by atoms with Crippen molar-refractivity contribution in [1.29, 1.82) is 0 Å². The van der Waals surface area contributed by atoms with Crippen molar-refractivity contribution in [2.75, 3.05) is 26.8 Å². The fraction of sp³-hybridized carbons (Fsp3) is 0.467. The lowest BCUT2D eigenvalue weighted by Crippen LogP contribution is -2.44. The molecule has 9 heteroatoms. The lowest BCUT2D eigenvalue weighted by Gasteiger charge is -2.17. The van der Waals surface area contributed by atoms with Gasteiger partial charge in [0.05, 0.1) is 18.6 Å². The third-order valence-electron chi connectivity index (χ3n) is 3.77. The molecule has 0 spiro atoms. The molecule has 2 rings (SSSR count). The summed E-state index contributed by atoms with van der Waals surface area (Å²) in [5.74, 6) is -1.45. The highest BCUT2D eigenvalue weighted by Crippen LogP contribution is 2.21. The molecule has 8 nitrogen and oxygen atoms in total. The second-order valence-corrected chi connectivity index (χ2v) is 7.31. The van der Waals surface area contributed by atoms with E-state index in [0.717, 1.165) is 20.0 Å². The smallest absolute Gasteiger partial charge is 0.330 e. The molecular formula is C15H20N2O6S. The van der Waals surface area contributed by atoms with E-state index in [9.17, 15) is 18.0 Å². The first kappa shape index (κ1) is 18.4. The van der Waals surface area contributed by atoms with Crippen LogP contribution in [-0.2, 0) is 19.6 Å². The van der Waals surface area contributed by atoms with Crippen LogP contribution in [0.4, 0.5) is 0 Å². The standard InChI is InChI=1S/C15H20N2O6S/c1-23-15(20)13(10-18)16-14(19)11-5-4-6-12(9-11)24(21,22)17-7-2-3-8-17/h4-6,9,13,18H,2-3,7-8,10H2,1H3,(H,16,19)/t13-/m1/s1. The SMILES string of the molecule is COC(=O)[C@@H](CO)NC(=O)c1cccc(S(=O)(=O)N2CCCC2)c1. The monoisotopic (exact) mass is 356 g/mol. The summed E-state index contributed by atoms with van der Waals surface area (Å²) in [6, 6.07) is 4.37. The van der Waals surface area contributed by atoms with E-state index in [1.807, 2.05) is 0 Å². The van der Waals surface area contributed by atoms with E-state index in [1.165, 1.54) is 28.6 Å². The van der Waals surface area contributed by atoms with Crippen LogP contribution in [0.25, 0.3) is 0 Å². The van der Waals surface area contributed by atoms with Crippen molar-refractivity contribution in [2.45, 2.75) is 23.8 Å². The van der Waals surface area contributed by atoms with Crippen molar-refractivity contribution in [3.8, 4) is 0 Å². The number of hydrogen-bond acceptors (Lipinski definition) is 6. The van der Waals surface area contributed by atoms with E-state index in [1.54, 1.807) is 0 Å². The van der Waals surface area contributed by atoms with Crippen molar-refractivity contribution in [3.05, 3.63) is 29.8 Å². The minimum Gasteiger partial charge on any atom is -0.467 e. The average Bonchev–Trinajstić information content (AvgIpc) is 3.14. The number of nitrogens with one attached hydrogen (secondary N) is 1. The average molecular weight is 356 g/mol. The molecule has 0 radical (unpaired) electrons. The van der Waals surface area contributed by atoms with E-state index < -0.39 is 34.5 Å². The molecule has 0 aliphatic carbocycles. The number of aliphatic hydroxyl groups is 1. The molecule has 0 unspecified atom stereocenters. The Hall–Kier alpha value is -1.97. The predicted molar refractivity (Wildman–Crippen MR) is 84.8 cm³/mol. The minimum absolute atomic E-state index is 0.0238. The normalized spacial score (nSPS) is 16.6. The topological polar surface area (TPSA) is 113 Å². The number of amides is 1. The molecular weight excluding hydrogens is 336 g/mol. The van der Waals surface area contributed by atoms with Crippen LogP contribution < -0.4 is 5.32 Å². The quantitative estimate of drug-likeness (QED) is 0.679. The highest BCUT2D eigenvalue weighted by Gasteiger charge is 2.28. The summed E-state index contributed by atoms with van der Waals surface area (Å²) < 4.78 is 30.9. The van der Waals surface area contributed by atoms with E-state index in [-0.39, 0.29) is 10.5 Å². The van der Waals surface area contributed by atoms with Crippen LogP contribution in [0.3, 0.4) is 0 Å². The Labute approximate surface area is 140 Å². The first-order valence-electron chi connectivity index (χ1n) is 7.50. The molecule has 1 aromatic carbocycles. The van der Waals surface area contributed by atoms with Gasteiger partial charge in [-0.25, -0.2) is 13.2 Å². The summed E-state index contributed by atoms with van der Waals surface area (Å²) in [5, 5.41) is 11.4. The molecule has 1 fully saturated rings. The zero-order chi connectivity index (χ0) is 17.7. The van der Waals surface area contributed by atoms with Gasteiger partial charge in [-0.2, -0.15) is 4.31 Å². The van der Waals surface area contributed by atoms with E-state index in [0.29, 0.717) is 13.1 Å². The Morgan fingerprint density at radius 3 is 2.58 bits per heavy atom. The van der Waals surface area contributed by atoms with Crippen LogP contribution >= 0.6 is 0 Å². The van der Waals surface area contributed by atoms with Crippen molar-refractivity contribution in [3.63, 3.8) is 0 Å². The number of carbonyl (C=O) groups is 2. The Kier molecular flexibility index (Phi) is 5.92. The Bertz CT molecular complexity index is 712. The molecule has 132 valence electrons. The second-order valence-electron chi connectivity index (χ2n) is 5.37. The van der Waals surface area contributed by atoms with Crippen LogP contribution in [0.5, 0.6) is 0 Å². The Balaban J connectivity index is 2.20. The number of ether oxygens (including phenoxy) is 1. The first-order chi connectivity index (χ1) is 11.4. The van der Waals surface area contributed by atoms with Crippen LogP contribution in [-0.4, -0.2) is 62.6 Å². The molecule has 0 aromatic heterocycles. The maximum atomic E-state index is 12.5. The first-order valence-corrected chi connectivity index (χ1v) is 8.94. The third kappa shape index (κ3) is 3.92. The van der Waals surface area contributed by atoms with Gasteiger partial charge in [0, 0.05) is 18.7 Å². The number of benzene rings is 1. The summed E-state index contributed by atoms with van der Waals surface area (Å²) >= 11 is 0. The molecule has 1 amide bonds. The van der Waals surface area contributed by atoms with Gasteiger partial charge >= 0.3 is 5.97 Å². The van der Waals surface area contributed by atoms with Crippen LogP contribution in [0.15, 0.2) is 29.2 Å². The summed E-state index contributed by atoms with van der Waals surface area (Å²) in [5.41, 5.74) is 0.0811. The van der Waals surface area contributed by atoms with Gasteiger partial charge in [-0.3, -0.25) is 4.79 Å². The summed E-state index contributed by atoms with van der Waals surface area (Å²) in [6.45, 7) is 0.311. The number of carbonyl (C=O) groups excluding carboxylic acids is 2. The maximum Gasteiger partial charge on any atom is 0.330 e. The number of esters is 1. The highest BCUT2D eigenvalue weighted by atomic mass is 32.2. The number of sulfonamides is 1. The number of methoxy groups -OCH3 is 1. The van der Waals surface area contributed by atoms with Crippen molar-refractivity contribution in [2.24, 2.45) is 0 Å². The Morgan fingerprint density at radius 2 is 2.00 bits per heavy atom. The largest absolute Gasteiger partial charge is 0.467 e. The molecule has 0 bridgehead atoms. The zero-order valence-electron chi connectivity index (χ0n) is 13.3. The predicted octanol–water partition coefficient (Wildman–Crippen LogP) is -0.265. The molecule has 0 saturated carbocycles. The summed E-state index contributed by atoms with van der Waals surface area (Å²) in [4.78, 5) is 23.6. The lowest BCUT2D eigenvalue weighted by atomic mass is 10.2. The molecule has 1 atom stereocenters. The van der Waals surface area contributed by atoms with E-state index >= 15 is 0 Å². The van der Waals surface area contributed by atoms with Crippen LogP contribution in [0.1, 0.15) is 23.2 Å². The van der Waals surface area contributed by atoms with Gasteiger partial charge in [-0.05, 0) is 31.0 Å². The number of rotatable bonds is 6. The van der Waals surface area contributed by atoms with Crippen molar-refractivity contribution < 1.29 is 27.9 Å². The van der Waals surface area contributed by atoms with E-state index in [2.05, 4.69) is 10.1 Å². The third-order valence-corrected chi connectivity index (χ3v) is 5.67. The maximum absolute atomic E-state index is 12.5. The van der Waals surface area contributed by atoms with Gasteiger partial charge < -0.3 is 15.2 Å². The number of aliphatic hydroxyl groups excluding tert-OH is 1. The molecule has 2 N–H and O–H groups in total. The van der Waals surface area contributed by atoms with Crippen molar-refractivity contribution >= 4 is 21.9 Å². The van der Waals surface area contributed by atoms with Gasteiger partial charge in [0.2, 0.25) is 10.0 Å². The number of nitrogens with zero attached hydrogens (tertiary/aromatic N) is 1. The number of hydrogen-bond donors (Lipinski definition) is 2. The highest BCUT2D eigenvalue weighted by molar-refractivity contribution is 7.89. The van der Waals surface area contributed by atoms with Crippen LogP contribution in [0.2, 0.25) is 0 Å². The van der Waals surface area contributed by atoms with Gasteiger partial charge in [-0.15, -0.1) is 0 Å². The summed E-state index contributed by atoms with van der Waals surface area (Å²) in [7, 11) is -2.50. The van der Waals surface area contributed by atoms with E-state index in [4.69, 9.17) is 5.11 Å². The van der Waals surface area contributed by atoms with Gasteiger partial charge in [0.15, 0.2) is 6.04 Å². The summed E-state index contributed by atoms with van der Waals surface area (Å²) in [6.07, 6.45) is 1.63. The molecule has 1 aliphatic rings. The molecule has 1 aliphatic heterocycles. The molecule has 24 heavy (non-hydrogen) atoms.